The van der Waals surface area contributed by atoms with Gasteiger partial charge in [0.05, 0.1) is 0 Å². The highest BCUT2D eigenvalue weighted by molar-refractivity contribution is 5.75. The minimum absolute atomic E-state index is 0.464. The second-order valence-electron chi connectivity index (χ2n) is 4.09. The fraction of sp³-hybridized carbons (Fsp3) is 0.545. The molecule has 0 saturated carbocycles. The first kappa shape index (κ1) is 10.2. The highest BCUT2D eigenvalue weighted by atomic mass is 16.4. The van der Waals surface area contributed by atoms with Crippen molar-refractivity contribution in [2.45, 2.75) is 18.9 Å². The fourth-order valence-electron chi connectivity index (χ4n) is 2.20. The van der Waals surface area contributed by atoms with Crippen LogP contribution in [0.4, 0.5) is 0 Å². The molecule has 2 heterocycles. The third-order valence-corrected chi connectivity index (χ3v) is 2.91. The van der Waals surface area contributed by atoms with Gasteiger partial charge in [0.2, 0.25) is 0 Å². The van der Waals surface area contributed by atoms with Crippen molar-refractivity contribution in [2.75, 3.05) is 13.1 Å². The van der Waals surface area contributed by atoms with Gasteiger partial charge in [-0.15, -0.1) is 0 Å². The van der Waals surface area contributed by atoms with Crippen LogP contribution < -0.4 is 0 Å². The molecular formula is C11H16N2O2. The molecule has 1 aromatic heterocycles. The summed E-state index contributed by atoms with van der Waals surface area (Å²) in [6, 6.07) is 1.42. The third-order valence-electron chi connectivity index (χ3n) is 2.91. The van der Waals surface area contributed by atoms with Gasteiger partial charge in [0, 0.05) is 19.4 Å². The van der Waals surface area contributed by atoms with Crippen molar-refractivity contribution in [3.05, 3.63) is 24.0 Å². The van der Waals surface area contributed by atoms with Crippen molar-refractivity contribution in [3.8, 4) is 0 Å². The Bertz CT molecular complexity index is 353. The number of hydrogen-bond donors (Lipinski definition) is 1. The Hall–Kier alpha value is -1.29. The van der Waals surface area contributed by atoms with Crippen LogP contribution in [-0.2, 0) is 11.8 Å². The van der Waals surface area contributed by atoms with Gasteiger partial charge in [0.1, 0.15) is 6.04 Å². The van der Waals surface area contributed by atoms with Crippen LogP contribution in [0.1, 0.15) is 24.4 Å². The number of nitrogens with zero attached hydrogens (tertiary/aromatic N) is 2. The Morgan fingerprint density at radius 3 is 2.60 bits per heavy atom. The van der Waals surface area contributed by atoms with Crippen LogP contribution in [0.15, 0.2) is 18.5 Å². The number of carbonyl (C=O) groups is 1. The molecular weight excluding hydrogens is 192 g/mol. The van der Waals surface area contributed by atoms with E-state index in [1.165, 1.54) is 0 Å². The molecule has 0 spiro atoms. The normalized spacial score (nSPS) is 19.3. The lowest BCUT2D eigenvalue weighted by Gasteiger charge is -2.22. The second kappa shape index (κ2) is 4.06. The van der Waals surface area contributed by atoms with Gasteiger partial charge in [0.15, 0.2) is 0 Å². The molecule has 1 N–H and O–H groups in total. The molecule has 0 aliphatic carbocycles. The van der Waals surface area contributed by atoms with Crippen molar-refractivity contribution in [1.82, 2.24) is 9.47 Å². The molecule has 82 valence electrons. The highest BCUT2D eigenvalue weighted by Gasteiger charge is 2.29. The van der Waals surface area contributed by atoms with E-state index in [1.54, 1.807) is 0 Å². The Kier molecular flexibility index (Phi) is 2.77. The molecule has 0 bridgehead atoms. The van der Waals surface area contributed by atoms with Crippen molar-refractivity contribution >= 4 is 5.97 Å². The van der Waals surface area contributed by atoms with Crippen LogP contribution in [0.3, 0.4) is 0 Å². The predicted octanol–water partition coefficient (Wildman–Crippen LogP) is 1.25. The zero-order valence-corrected chi connectivity index (χ0v) is 8.89. The molecule has 1 atom stereocenters. The Labute approximate surface area is 89.1 Å². The van der Waals surface area contributed by atoms with E-state index >= 15 is 0 Å². The zero-order valence-electron chi connectivity index (χ0n) is 8.89. The lowest BCUT2D eigenvalue weighted by atomic mass is 10.1. The SMILES string of the molecule is Cn1ccc(C(C(=O)O)N2CCCC2)c1. The van der Waals surface area contributed by atoms with Gasteiger partial charge in [-0.05, 0) is 37.6 Å². The summed E-state index contributed by atoms with van der Waals surface area (Å²) in [6.07, 6.45) is 5.99. The van der Waals surface area contributed by atoms with E-state index in [4.69, 9.17) is 0 Å². The summed E-state index contributed by atoms with van der Waals surface area (Å²) < 4.78 is 1.89. The summed E-state index contributed by atoms with van der Waals surface area (Å²) in [5, 5.41) is 9.25. The number of aryl methyl sites for hydroxylation is 1. The largest absolute Gasteiger partial charge is 0.480 e. The molecule has 1 unspecified atom stereocenters. The van der Waals surface area contributed by atoms with Crippen LogP contribution in [-0.4, -0.2) is 33.6 Å². The lowest BCUT2D eigenvalue weighted by Crippen LogP contribution is -2.31. The van der Waals surface area contributed by atoms with Crippen molar-refractivity contribution in [2.24, 2.45) is 7.05 Å². The second-order valence-corrected chi connectivity index (χ2v) is 4.09. The van der Waals surface area contributed by atoms with E-state index in [0.29, 0.717) is 0 Å². The molecule has 2 rings (SSSR count). The maximum absolute atomic E-state index is 11.2. The maximum Gasteiger partial charge on any atom is 0.325 e. The van der Waals surface area contributed by atoms with E-state index in [9.17, 15) is 9.90 Å². The monoisotopic (exact) mass is 208 g/mol. The van der Waals surface area contributed by atoms with Crippen LogP contribution in [0.2, 0.25) is 0 Å². The zero-order chi connectivity index (χ0) is 10.8. The maximum atomic E-state index is 11.2. The van der Waals surface area contributed by atoms with Crippen LogP contribution in [0, 0.1) is 0 Å². The summed E-state index contributed by atoms with van der Waals surface area (Å²) in [5.74, 6) is -0.747. The molecule has 1 aromatic rings. The van der Waals surface area contributed by atoms with E-state index in [0.717, 1.165) is 31.5 Å². The number of aromatic nitrogens is 1. The van der Waals surface area contributed by atoms with Crippen LogP contribution in [0.5, 0.6) is 0 Å². The number of likely N-dealkylation sites (tertiary alicyclic amines) is 1. The van der Waals surface area contributed by atoms with Gasteiger partial charge < -0.3 is 9.67 Å². The third kappa shape index (κ3) is 2.04. The van der Waals surface area contributed by atoms with E-state index in [-0.39, 0.29) is 0 Å². The summed E-state index contributed by atoms with van der Waals surface area (Å²) in [7, 11) is 1.91. The number of carboxylic acid groups (broad SMARTS) is 1. The van der Waals surface area contributed by atoms with Gasteiger partial charge in [-0.25, -0.2) is 0 Å². The van der Waals surface area contributed by atoms with Gasteiger partial charge in [0.25, 0.3) is 0 Å². The van der Waals surface area contributed by atoms with E-state index < -0.39 is 12.0 Å². The quantitative estimate of drug-likeness (QED) is 0.813. The molecule has 1 fully saturated rings. The van der Waals surface area contributed by atoms with Crippen LogP contribution in [0.25, 0.3) is 0 Å². The summed E-state index contributed by atoms with van der Waals surface area (Å²) in [5.41, 5.74) is 0.881. The van der Waals surface area contributed by atoms with Crippen molar-refractivity contribution in [1.29, 1.82) is 0 Å². The molecule has 0 amide bonds. The Morgan fingerprint density at radius 1 is 1.47 bits per heavy atom. The Balaban J connectivity index is 2.22. The minimum Gasteiger partial charge on any atom is -0.480 e. The number of hydrogen-bond acceptors (Lipinski definition) is 2. The highest BCUT2D eigenvalue weighted by Crippen LogP contribution is 2.25. The van der Waals surface area contributed by atoms with Crippen molar-refractivity contribution in [3.63, 3.8) is 0 Å². The van der Waals surface area contributed by atoms with Gasteiger partial charge in [-0.1, -0.05) is 0 Å². The van der Waals surface area contributed by atoms with Crippen molar-refractivity contribution < 1.29 is 9.90 Å². The fourth-order valence-corrected chi connectivity index (χ4v) is 2.20. The molecule has 15 heavy (non-hydrogen) atoms. The first-order valence-corrected chi connectivity index (χ1v) is 5.27. The average Bonchev–Trinajstić information content (AvgIpc) is 2.77. The summed E-state index contributed by atoms with van der Waals surface area (Å²) in [6.45, 7) is 1.79. The molecule has 4 nitrogen and oxygen atoms in total. The number of carboxylic acids is 1. The standard InChI is InChI=1S/C11H16N2O2/c1-12-7-4-9(8-12)10(11(14)15)13-5-2-3-6-13/h4,7-8,10H,2-3,5-6H2,1H3,(H,14,15). The van der Waals surface area contributed by atoms with Gasteiger partial charge in [-0.3, -0.25) is 9.69 Å². The molecule has 1 aliphatic rings. The van der Waals surface area contributed by atoms with Gasteiger partial charge in [-0.2, -0.15) is 0 Å². The smallest absolute Gasteiger partial charge is 0.325 e. The minimum atomic E-state index is -0.747. The van der Waals surface area contributed by atoms with E-state index in [1.807, 2.05) is 35.0 Å². The first-order valence-electron chi connectivity index (χ1n) is 5.27. The molecule has 1 saturated heterocycles. The number of aliphatic carboxylic acids is 1. The summed E-state index contributed by atoms with van der Waals surface area (Å²) in [4.78, 5) is 13.3. The van der Waals surface area contributed by atoms with E-state index in [2.05, 4.69) is 0 Å². The predicted molar refractivity (Wildman–Crippen MR) is 56.6 cm³/mol. The Morgan fingerprint density at radius 2 is 2.13 bits per heavy atom. The van der Waals surface area contributed by atoms with Crippen LogP contribution >= 0.6 is 0 Å². The summed E-state index contributed by atoms with van der Waals surface area (Å²) >= 11 is 0. The molecule has 0 radical (unpaired) electrons. The lowest BCUT2D eigenvalue weighted by molar-refractivity contribution is -0.143. The molecule has 4 heteroatoms. The average molecular weight is 208 g/mol. The number of rotatable bonds is 3. The topological polar surface area (TPSA) is 45.5 Å². The van der Waals surface area contributed by atoms with Gasteiger partial charge >= 0.3 is 5.97 Å². The first-order chi connectivity index (χ1) is 7.18. The molecule has 0 aromatic carbocycles. The molecule has 1 aliphatic heterocycles.